The average Bonchev–Trinajstić information content (AvgIpc) is 2.48. The molecule has 1 saturated heterocycles. The van der Waals surface area contributed by atoms with E-state index in [0.29, 0.717) is 5.92 Å². The fourth-order valence-corrected chi connectivity index (χ4v) is 2.41. The first-order valence-corrected chi connectivity index (χ1v) is 6.84. The molecule has 1 amide bonds. The lowest BCUT2D eigenvalue weighted by Crippen LogP contribution is -2.40. The minimum absolute atomic E-state index is 0.00278. The second-order valence-electron chi connectivity index (χ2n) is 4.98. The third-order valence-electron chi connectivity index (χ3n) is 3.70. The highest BCUT2D eigenvalue weighted by Crippen LogP contribution is 2.20. The van der Waals surface area contributed by atoms with Crippen molar-refractivity contribution in [3.63, 3.8) is 0 Å². The summed E-state index contributed by atoms with van der Waals surface area (Å²) in [6, 6.07) is 1.39. The molecule has 2 heterocycles. The number of anilines is 1. The minimum Gasteiger partial charge on any atom is -0.381 e. The third kappa shape index (κ3) is 3.25. The van der Waals surface area contributed by atoms with Crippen LogP contribution in [-0.2, 0) is 4.74 Å². The summed E-state index contributed by atoms with van der Waals surface area (Å²) in [5, 5.41) is 5.49. The fourth-order valence-electron chi connectivity index (χ4n) is 2.41. The summed E-state index contributed by atoms with van der Waals surface area (Å²) >= 11 is 0. The summed E-state index contributed by atoms with van der Waals surface area (Å²) in [5.74, 6) is -0.565. The minimum atomic E-state index is -0.619. The molecule has 0 aliphatic carbocycles. The van der Waals surface area contributed by atoms with E-state index in [4.69, 9.17) is 4.74 Å². The Kier molecular flexibility index (Phi) is 4.89. The molecule has 0 bridgehead atoms. The van der Waals surface area contributed by atoms with Crippen LogP contribution in [0.2, 0.25) is 0 Å². The number of carbonyl (C=O) groups is 1. The van der Waals surface area contributed by atoms with Gasteiger partial charge in [0, 0.05) is 32.5 Å². The first kappa shape index (κ1) is 14.7. The molecule has 1 fully saturated rings. The summed E-state index contributed by atoms with van der Waals surface area (Å²) < 4.78 is 19.3. The van der Waals surface area contributed by atoms with Crippen molar-refractivity contribution in [1.82, 2.24) is 10.3 Å². The van der Waals surface area contributed by atoms with Gasteiger partial charge in [-0.15, -0.1) is 0 Å². The predicted molar refractivity (Wildman–Crippen MR) is 74.2 cm³/mol. The summed E-state index contributed by atoms with van der Waals surface area (Å²) in [6.07, 6.45) is 3.26. The lowest BCUT2D eigenvalue weighted by atomic mass is 9.93. The zero-order valence-electron chi connectivity index (χ0n) is 11.8. The van der Waals surface area contributed by atoms with Crippen molar-refractivity contribution in [2.45, 2.75) is 25.8 Å². The molecule has 0 radical (unpaired) electrons. The quantitative estimate of drug-likeness (QED) is 0.883. The maximum Gasteiger partial charge on any atom is 0.254 e. The number of hydrogen-bond donors (Lipinski definition) is 2. The fraction of sp³-hybridized carbons (Fsp3) is 0.571. The van der Waals surface area contributed by atoms with Crippen LogP contribution in [0.1, 0.15) is 30.1 Å². The molecule has 2 N–H and O–H groups in total. The molecule has 1 atom stereocenters. The van der Waals surface area contributed by atoms with Gasteiger partial charge in [0.15, 0.2) is 11.6 Å². The Morgan fingerprint density at radius 1 is 1.50 bits per heavy atom. The number of nitrogens with one attached hydrogen (secondary N) is 2. The van der Waals surface area contributed by atoms with Crippen LogP contribution in [0.15, 0.2) is 12.3 Å². The van der Waals surface area contributed by atoms with Gasteiger partial charge in [0.25, 0.3) is 5.91 Å². The number of pyridine rings is 1. The maximum atomic E-state index is 14.0. The Hall–Kier alpha value is -1.69. The number of rotatable bonds is 4. The Labute approximate surface area is 117 Å². The van der Waals surface area contributed by atoms with E-state index in [1.807, 2.05) is 6.92 Å². The van der Waals surface area contributed by atoms with Gasteiger partial charge < -0.3 is 15.4 Å². The highest BCUT2D eigenvalue weighted by Gasteiger charge is 2.23. The van der Waals surface area contributed by atoms with Crippen LogP contribution in [0.3, 0.4) is 0 Å². The lowest BCUT2D eigenvalue weighted by Gasteiger charge is -2.28. The standard InChI is InChI=1S/C14H20FN3O2/c1-9(10-4-7-20-8-5-10)18-14(19)11-3-6-17-13(16-2)12(11)15/h3,6,9-10H,4-5,7-8H2,1-2H3,(H,16,17)(H,18,19). The molecule has 1 aliphatic rings. The normalized spacial score (nSPS) is 17.6. The number of halogens is 1. The number of amides is 1. The molecule has 0 aromatic carbocycles. The van der Waals surface area contributed by atoms with Crippen LogP contribution in [0.4, 0.5) is 10.2 Å². The first-order chi connectivity index (χ1) is 9.63. The Morgan fingerprint density at radius 3 is 2.85 bits per heavy atom. The van der Waals surface area contributed by atoms with Crippen molar-refractivity contribution in [1.29, 1.82) is 0 Å². The van der Waals surface area contributed by atoms with Gasteiger partial charge >= 0.3 is 0 Å². The molecule has 0 spiro atoms. The topological polar surface area (TPSA) is 63.2 Å². The predicted octanol–water partition coefficient (Wildman–Crippen LogP) is 1.81. The van der Waals surface area contributed by atoms with Crippen molar-refractivity contribution in [2.75, 3.05) is 25.6 Å². The van der Waals surface area contributed by atoms with Crippen LogP contribution in [-0.4, -0.2) is 37.2 Å². The third-order valence-corrected chi connectivity index (χ3v) is 3.70. The van der Waals surface area contributed by atoms with E-state index < -0.39 is 11.7 Å². The number of carbonyl (C=O) groups excluding carboxylic acids is 1. The van der Waals surface area contributed by atoms with E-state index >= 15 is 0 Å². The molecule has 110 valence electrons. The highest BCUT2D eigenvalue weighted by molar-refractivity contribution is 5.95. The Bertz CT molecular complexity index is 475. The molecule has 0 saturated carbocycles. The molecule has 2 rings (SSSR count). The van der Waals surface area contributed by atoms with Crippen LogP contribution in [0.5, 0.6) is 0 Å². The number of nitrogens with zero attached hydrogens (tertiary/aromatic N) is 1. The molecular weight excluding hydrogens is 261 g/mol. The Balaban J connectivity index is 2.04. The van der Waals surface area contributed by atoms with Gasteiger partial charge in [0.1, 0.15) is 0 Å². The molecule has 1 aromatic rings. The lowest BCUT2D eigenvalue weighted by molar-refractivity contribution is 0.0537. The largest absolute Gasteiger partial charge is 0.381 e. The molecule has 5 nitrogen and oxygen atoms in total. The van der Waals surface area contributed by atoms with Gasteiger partial charge in [0.05, 0.1) is 5.56 Å². The average molecular weight is 281 g/mol. The van der Waals surface area contributed by atoms with Gasteiger partial charge in [0.2, 0.25) is 0 Å². The van der Waals surface area contributed by atoms with E-state index in [-0.39, 0.29) is 17.4 Å². The molecular formula is C14H20FN3O2. The maximum absolute atomic E-state index is 14.0. The Morgan fingerprint density at radius 2 is 2.20 bits per heavy atom. The van der Waals surface area contributed by atoms with Crippen molar-refractivity contribution in [3.8, 4) is 0 Å². The van der Waals surface area contributed by atoms with E-state index in [1.54, 1.807) is 7.05 Å². The van der Waals surface area contributed by atoms with Crippen LogP contribution >= 0.6 is 0 Å². The number of aromatic nitrogens is 1. The van der Waals surface area contributed by atoms with E-state index in [1.165, 1.54) is 12.3 Å². The van der Waals surface area contributed by atoms with E-state index in [0.717, 1.165) is 26.1 Å². The second kappa shape index (κ2) is 6.65. The van der Waals surface area contributed by atoms with Crippen molar-refractivity contribution in [2.24, 2.45) is 5.92 Å². The van der Waals surface area contributed by atoms with Gasteiger partial charge in [-0.3, -0.25) is 4.79 Å². The van der Waals surface area contributed by atoms with Crippen LogP contribution in [0, 0.1) is 11.7 Å². The first-order valence-electron chi connectivity index (χ1n) is 6.84. The smallest absolute Gasteiger partial charge is 0.254 e. The molecule has 1 aliphatic heterocycles. The summed E-state index contributed by atoms with van der Waals surface area (Å²) in [4.78, 5) is 16.0. The van der Waals surface area contributed by atoms with Gasteiger partial charge in [-0.25, -0.2) is 9.37 Å². The summed E-state index contributed by atoms with van der Waals surface area (Å²) in [6.45, 7) is 3.39. The number of ether oxygens (including phenoxy) is 1. The summed E-state index contributed by atoms with van der Waals surface area (Å²) in [5.41, 5.74) is 0.0169. The number of hydrogen-bond acceptors (Lipinski definition) is 4. The molecule has 6 heteroatoms. The van der Waals surface area contributed by atoms with E-state index in [2.05, 4.69) is 15.6 Å². The SMILES string of the molecule is CNc1nccc(C(=O)NC(C)C2CCOCC2)c1F. The van der Waals surface area contributed by atoms with Gasteiger partial charge in [-0.05, 0) is 31.7 Å². The van der Waals surface area contributed by atoms with Crippen LogP contribution in [0.25, 0.3) is 0 Å². The highest BCUT2D eigenvalue weighted by atomic mass is 19.1. The zero-order chi connectivity index (χ0) is 14.5. The van der Waals surface area contributed by atoms with Crippen molar-refractivity contribution < 1.29 is 13.9 Å². The molecule has 1 aromatic heterocycles. The molecule has 20 heavy (non-hydrogen) atoms. The zero-order valence-corrected chi connectivity index (χ0v) is 11.8. The van der Waals surface area contributed by atoms with Crippen molar-refractivity contribution in [3.05, 3.63) is 23.6 Å². The van der Waals surface area contributed by atoms with Gasteiger partial charge in [-0.1, -0.05) is 0 Å². The van der Waals surface area contributed by atoms with Crippen LogP contribution < -0.4 is 10.6 Å². The van der Waals surface area contributed by atoms with E-state index in [9.17, 15) is 9.18 Å². The summed E-state index contributed by atoms with van der Waals surface area (Å²) in [7, 11) is 1.57. The monoisotopic (exact) mass is 281 g/mol. The van der Waals surface area contributed by atoms with Crippen molar-refractivity contribution >= 4 is 11.7 Å². The second-order valence-corrected chi connectivity index (χ2v) is 4.98. The molecule has 1 unspecified atom stereocenters. The van der Waals surface area contributed by atoms with Gasteiger partial charge in [-0.2, -0.15) is 0 Å².